The average molecular weight is 203 g/mol. The van der Waals surface area contributed by atoms with Crippen LogP contribution in [0.3, 0.4) is 0 Å². The molecule has 1 aliphatic heterocycles. The SMILES string of the molecule is COC1CCC[C@@H](C(=O)O)N1C(=O)O. The second-order valence-corrected chi connectivity index (χ2v) is 3.17. The van der Waals surface area contributed by atoms with Crippen molar-refractivity contribution in [2.24, 2.45) is 0 Å². The Bertz CT molecular complexity index is 242. The van der Waals surface area contributed by atoms with Crippen LogP contribution in [-0.2, 0) is 9.53 Å². The van der Waals surface area contributed by atoms with Crippen molar-refractivity contribution in [2.45, 2.75) is 31.5 Å². The lowest BCUT2D eigenvalue weighted by Gasteiger charge is -2.36. The molecule has 0 aromatic carbocycles. The number of aliphatic carboxylic acids is 1. The fourth-order valence-electron chi connectivity index (χ4n) is 1.70. The van der Waals surface area contributed by atoms with E-state index in [1.54, 1.807) is 0 Å². The van der Waals surface area contributed by atoms with Gasteiger partial charge in [-0.1, -0.05) is 0 Å². The van der Waals surface area contributed by atoms with Gasteiger partial charge in [-0.2, -0.15) is 0 Å². The predicted molar refractivity (Wildman–Crippen MR) is 45.9 cm³/mol. The summed E-state index contributed by atoms with van der Waals surface area (Å²) in [6.07, 6.45) is -0.320. The minimum Gasteiger partial charge on any atom is -0.480 e. The van der Waals surface area contributed by atoms with Crippen LogP contribution < -0.4 is 0 Å². The van der Waals surface area contributed by atoms with Crippen molar-refractivity contribution in [1.82, 2.24) is 4.90 Å². The zero-order valence-corrected chi connectivity index (χ0v) is 7.84. The Morgan fingerprint density at radius 3 is 2.43 bits per heavy atom. The number of nitrogens with zero attached hydrogens (tertiary/aromatic N) is 1. The first-order chi connectivity index (χ1) is 6.57. The van der Waals surface area contributed by atoms with Gasteiger partial charge in [0, 0.05) is 7.11 Å². The summed E-state index contributed by atoms with van der Waals surface area (Å²) >= 11 is 0. The number of methoxy groups -OCH3 is 1. The summed E-state index contributed by atoms with van der Waals surface area (Å²) in [4.78, 5) is 22.5. The van der Waals surface area contributed by atoms with Crippen molar-refractivity contribution in [3.05, 3.63) is 0 Å². The minimum absolute atomic E-state index is 0.349. The van der Waals surface area contributed by atoms with Gasteiger partial charge >= 0.3 is 12.1 Å². The predicted octanol–water partition coefficient (Wildman–Crippen LogP) is 0.576. The Balaban J connectivity index is 2.83. The fraction of sp³-hybridized carbons (Fsp3) is 0.750. The van der Waals surface area contributed by atoms with E-state index in [2.05, 4.69) is 0 Å². The van der Waals surface area contributed by atoms with Gasteiger partial charge in [0.25, 0.3) is 0 Å². The number of hydrogen-bond donors (Lipinski definition) is 2. The van der Waals surface area contributed by atoms with Gasteiger partial charge in [0.05, 0.1) is 0 Å². The first-order valence-electron chi connectivity index (χ1n) is 4.34. The van der Waals surface area contributed by atoms with Crippen molar-refractivity contribution in [2.75, 3.05) is 7.11 Å². The normalized spacial score (nSPS) is 27.4. The second kappa shape index (κ2) is 4.28. The lowest BCUT2D eigenvalue weighted by Crippen LogP contribution is -2.53. The molecule has 14 heavy (non-hydrogen) atoms. The third-order valence-electron chi connectivity index (χ3n) is 2.35. The molecule has 0 spiro atoms. The number of piperidine rings is 1. The zero-order valence-electron chi connectivity index (χ0n) is 7.84. The van der Waals surface area contributed by atoms with Crippen LogP contribution in [0.25, 0.3) is 0 Å². The lowest BCUT2D eigenvalue weighted by atomic mass is 10.0. The number of amides is 1. The molecule has 0 bridgehead atoms. The largest absolute Gasteiger partial charge is 0.480 e. The number of rotatable bonds is 2. The Morgan fingerprint density at radius 2 is 2.00 bits per heavy atom. The molecule has 1 amide bonds. The summed E-state index contributed by atoms with van der Waals surface area (Å²) in [5.41, 5.74) is 0. The first-order valence-corrected chi connectivity index (χ1v) is 4.34. The maximum absolute atomic E-state index is 10.8. The molecule has 1 saturated heterocycles. The van der Waals surface area contributed by atoms with E-state index in [4.69, 9.17) is 14.9 Å². The van der Waals surface area contributed by atoms with E-state index >= 15 is 0 Å². The second-order valence-electron chi connectivity index (χ2n) is 3.17. The maximum atomic E-state index is 10.8. The van der Waals surface area contributed by atoms with Gasteiger partial charge in [-0.05, 0) is 19.3 Å². The van der Waals surface area contributed by atoms with E-state index in [0.29, 0.717) is 19.3 Å². The third kappa shape index (κ3) is 1.95. The van der Waals surface area contributed by atoms with Crippen molar-refractivity contribution in [3.63, 3.8) is 0 Å². The number of likely N-dealkylation sites (tertiary alicyclic amines) is 1. The smallest absolute Gasteiger partial charge is 0.410 e. The van der Waals surface area contributed by atoms with Crippen LogP contribution in [0.1, 0.15) is 19.3 Å². The van der Waals surface area contributed by atoms with Crippen LogP contribution in [-0.4, -0.2) is 46.6 Å². The number of carboxylic acids is 1. The van der Waals surface area contributed by atoms with E-state index in [1.165, 1.54) is 7.11 Å². The van der Waals surface area contributed by atoms with Gasteiger partial charge in [0.15, 0.2) is 0 Å². The fourth-order valence-corrected chi connectivity index (χ4v) is 1.70. The molecule has 0 aromatic heterocycles. The number of carbonyl (C=O) groups is 2. The van der Waals surface area contributed by atoms with Gasteiger partial charge in [0.1, 0.15) is 12.3 Å². The average Bonchev–Trinajstić information content (AvgIpc) is 2.16. The highest BCUT2D eigenvalue weighted by Crippen LogP contribution is 2.23. The summed E-state index contributed by atoms with van der Waals surface area (Å²) in [6.45, 7) is 0. The van der Waals surface area contributed by atoms with E-state index in [1.807, 2.05) is 0 Å². The molecule has 2 atom stereocenters. The Hall–Kier alpha value is -1.30. The molecule has 1 heterocycles. The molecule has 2 N–H and O–H groups in total. The lowest BCUT2D eigenvalue weighted by molar-refractivity contribution is -0.151. The molecular weight excluding hydrogens is 190 g/mol. The van der Waals surface area contributed by atoms with Crippen molar-refractivity contribution in [1.29, 1.82) is 0 Å². The molecule has 1 fully saturated rings. The molecule has 80 valence electrons. The Kier molecular flexibility index (Phi) is 3.29. The number of ether oxygens (including phenoxy) is 1. The maximum Gasteiger partial charge on any atom is 0.410 e. The molecule has 1 aliphatic rings. The molecule has 0 radical (unpaired) electrons. The van der Waals surface area contributed by atoms with Crippen LogP contribution in [0, 0.1) is 0 Å². The standard InChI is InChI=1S/C8H13NO5/c1-14-6-4-2-3-5(7(10)11)9(6)8(12)13/h5-6H,2-4H2,1H3,(H,10,11)(H,12,13)/t5-,6?/m0/s1. The zero-order chi connectivity index (χ0) is 10.7. The minimum atomic E-state index is -1.25. The van der Waals surface area contributed by atoms with E-state index < -0.39 is 24.3 Å². The van der Waals surface area contributed by atoms with Gasteiger partial charge in [-0.3, -0.25) is 4.90 Å². The van der Waals surface area contributed by atoms with E-state index in [0.717, 1.165) is 4.90 Å². The highest BCUT2D eigenvalue weighted by molar-refractivity contribution is 5.79. The van der Waals surface area contributed by atoms with Crippen molar-refractivity contribution >= 4 is 12.1 Å². The molecule has 6 heteroatoms. The van der Waals surface area contributed by atoms with Crippen LogP contribution in [0.15, 0.2) is 0 Å². The highest BCUT2D eigenvalue weighted by atomic mass is 16.5. The monoisotopic (exact) mass is 203 g/mol. The quantitative estimate of drug-likeness (QED) is 0.685. The Labute approximate surface area is 81.1 Å². The highest BCUT2D eigenvalue weighted by Gasteiger charge is 2.38. The van der Waals surface area contributed by atoms with Crippen molar-refractivity contribution < 1.29 is 24.5 Å². The summed E-state index contributed by atoms with van der Waals surface area (Å²) in [6, 6.07) is -0.980. The van der Waals surface area contributed by atoms with E-state index in [-0.39, 0.29) is 0 Å². The topological polar surface area (TPSA) is 87.1 Å². The van der Waals surface area contributed by atoms with Crippen molar-refractivity contribution in [3.8, 4) is 0 Å². The van der Waals surface area contributed by atoms with E-state index in [9.17, 15) is 9.59 Å². The summed E-state index contributed by atoms with van der Waals surface area (Å²) in [7, 11) is 1.38. The van der Waals surface area contributed by atoms with Crippen LogP contribution in [0.2, 0.25) is 0 Å². The number of hydrogen-bond acceptors (Lipinski definition) is 3. The summed E-state index contributed by atoms with van der Waals surface area (Å²) in [5, 5.41) is 17.7. The number of carboxylic acid groups (broad SMARTS) is 2. The molecule has 0 aliphatic carbocycles. The van der Waals surface area contributed by atoms with Gasteiger partial charge in [-0.15, -0.1) is 0 Å². The van der Waals surface area contributed by atoms with Gasteiger partial charge < -0.3 is 14.9 Å². The van der Waals surface area contributed by atoms with Gasteiger partial charge in [-0.25, -0.2) is 9.59 Å². The van der Waals surface area contributed by atoms with Crippen LogP contribution in [0.5, 0.6) is 0 Å². The van der Waals surface area contributed by atoms with Gasteiger partial charge in [0.2, 0.25) is 0 Å². The molecule has 1 unspecified atom stereocenters. The molecular formula is C8H13NO5. The molecule has 6 nitrogen and oxygen atoms in total. The summed E-state index contributed by atoms with van der Waals surface area (Å²) < 4.78 is 4.93. The Morgan fingerprint density at radius 1 is 1.36 bits per heavy atom. The molecule has 1 rings (SSSR count). The van der Waals surface area contributed by atoms with Crippen LogP contribution in [0.4, 0.5) is 4.79 Å². The van der Waals surface area contributed by atoms with Crippen LogP contribution >= 0.6 is 0 Å². The first kappa shape index (κ1) is 10.8. The molecule has 0 saturated carbocycles. The third-order valence-corrected chi connectivity index (χ3v) is 2.35. The molecule has 0 aromatic rings. The summed E-state index contributed by atoms with van der Waals surface area (Å²) in [5.74, 6) is -1.12.